The summed E-state index contributed by atoms with van der Waals surface area (Å²) in [5.41, 5.74) is 0.139. The number of nitrogens with one attached hydrogen (secondary N) is 2. The molecule has 1 amide bonds. The highest BCUT2D eigenvalue weighted by molar-refractivity contribution is 5.80. The summed E-state index contributed by atoms with van der Waals surface area (Å²) in [4.78, 5) is 21.7. The zero-order valence-corrected chi connectivity index (χ0v) is 11.3. The van der Waals surface area contributed by atoms with Gasteiger partial charge in [-0.15, -0.1) is 0 Å². The van der Waals surface area contributed by atoms with Gasteiger partial charge in [0.1, 0.15) is 11.6 Å². The standard InChI is InChI=1S/C13H16N4O3/c1-9(2)7-16-13(18)8-15-11-4-3-10(6-14)12(5-11)17(19)20/h3-5,9,15H,7-8H2,1-2H3,(H,16,18). The maximum atomic E-state index is 11.5. The Morgan fingerprint density at radius 2 is 2.20 bits per heavy atom. The highest BCUT2D eigenvalue weighted by Crippen LogP contribution is 2.22. The molecule has 2 N–H and O–H groups in total. The van der Waals surface area contributed by atoms with Gasteiger partial charge in [-0.3, -0.25) is 14.9 Å². The summed E-state index contributed by atoms with van der Waals surface area (Å²) >= 11 is 0. The summed E-state index contributed by atoms with van der Waals surface area (Å²) in [6.45, 7) is 4.57. The van der Waals surface area contributed by atoms with E-state index in [9.17, 15) is 14.9 Å². The first-order chi connectivity index (χ1) is 9.43. The van der Waals surface area contributed by atoms with Crippen LogP contribution in [-0.2, 0) is 4.79 Å². The molecule has 0 atom stereocenters. The van der Waals surface area contributed by atoms with Crippen LogP contribution in [0, 0.1) is 27.4 Å². The van der Waals surface area contributed by atoms with Crippen LogP contribution in [0.3, 0.4) is 0 Å². The van der Waals surface area contributed by atoms with Crippen molar-refractivity contribution in [2.24, 2.45) is 5.92 Å². The first-order valence-corrected chi connectivity index (χ1v) is 6.13. The van der Waals surface area contributed by atoms with E-state index in [1.54, 1.807) is 6.07 Å². The Morgan fingerprint density at radius 3 is 2.75 bits per heavy atom. The number of nitro benzene ring substituents is 1. The predicted octanol–water partition coefficient (Wildman–Crippen LogP) is 1.65. The Hall–Kier alpha value is -2.62. The number of carbonyl (C=O) groups is 1. The molecule has 7 heteroatoms. The first kappa shape index (κ1) is 15.4. The van der Waals surface area contributed by atoms with Gasteiger partial charge in [-0.25, -0.2) is 0 Å². The lowest BCUT2D eigenvalue weighted by atomic mass is 10.2. The summed E-state index contributed by atoms with van der Waals surface area (Å²) in [6, 6.07) is 5.88. The molecule has 0 saturated heterocycles. The molecule has 1 aromatic carbocycles. The van der Waals surface area contributed by atoms with E-state index >= 15 is 0 Å². The van der Waals surface area contributed by atoms with Crippen molar-refractivity contribution in [2.75, 3.05) is 18.4 Å². The topological polar surface area (TPSA) is 108 Å². The van der Waals surface area contributed by atoms with Gasteiger partial charge in [0, 0.05) is 18.3 Å². The van der Waals surface area contributed by atoms with E-state index < -0.39 is 4.92 Å². The number of anilines is 1. The van der Waals surface area contributed by atoms with Crippen LogP contribution in [0.4, 0.5) is 11.4 Å². The van der Waals surface area contributed by atoms with Crippen molar-refractivity contribution in [3.8, 4) is 6.07 Å². The Balaban J connectivity index is 2.65. The molecule has 7 nitrogen and oxygen atoms in total. The number of carbonyl (C=O) groups excluding carboxylic acids is 1. The maximum absolute atomic E-state index is 11.5. The second-order valence-electron chi connectivity index (χ2n) is 4.65. The summed E-state index contributed by atoms with van der Waals surface area (Å²) in [6.07, 6.45) is 0. The molecule has 0 spiro atoms. The van der Waals surface area contributed by atoms with Crippen molar-refractivity contribution in [1.29, 1.82) is 5.26 Å². The lowest BCUT2D eigenvalue weighted by Gasteiger charge is -2.09. The fraction of sp³-hybridized carbons (Fsp3) is 0.385. The third-order valence-corrected chi connectivity index (χ3v) is 2.48. The van der Waals surface area contributed by atoms with Crippen LogP contribution >= 0.6 is 0 Å². The highest BCUT2D eigenvalue weighted by atomic mass is 16.6. The molecular weight excluding hydrogens is 260 g/mol. The quantitative estimate of drug-likeness (QED) is 0.606. The van der Waals surface area contributed by atoms with E-state index in [-0.39, 0.29) is 23.7 Å². The molecular formula is C13H16N4O3. The van der Waals surface area contributed by atoms with Gasteiger partial charge in [0.2, 0.25) is 5.91 Å². The summed E-state index contributed by atoms with van der Waals surface area (Å²) in [5.74, 6) is 0.167. The van der Waals surface area contributed by atoms with Crippen LogP contribution in [-0.4, -0.2) is 23.9 Å². The van der Waals surface area contributed by atoms with Crippen molar-refractivity contribution in [3.05, 3.63) is 33.9 Å². The van der Waals surface area contributed by atoms with E-state index in [1.807, 2.05) is 13.8 Å². The Bertz CT molecular complexity index is 549. The molecule has 0 aliphatic carbocycles. The molecule has 0 unspecified atom stereocenters. The smallest absolute Gasteiger partial charge is 0.289 e. The van der Waals surface area contributed by atoms with E-state index in [1.165, 1.54) is 18.2 Å². The van der Waals surface area contributed by atoms with Crippen molar-refractivity contribution in [3.63, 3.8) is 0 Å². The van der Waals surface area contributed by atoms with Crippen LogP contribution < -0.4 is 10.6 Å². The minimum absolute atomic E-state index is 0.00944. The third-order valence-electron chi connectivity index (χ3n) is 2.48. The van der Waals surface area contributed by atoms with Crippen molar-refractivity contribution >= 4 is 17.3 Å². The van der Waals surface area contributed by atoms with Gasteiger partial charge >= 0.3 is 0 Å². The van der Waals surface area contributed by atoms with Crippen molar-refractivity contribution < 1.29 is 9.72 Å². The number of hydrogen-bond donors (Lipinski definition) is 2. The number of nitrogens with zero attached hydrogens (tertiary/aromatic N) is 2. The average molecular weight is 276 g/mol. The highest BCUT2D eigenvalue weighted by Gasteiger charge is 2.14. The largest absolute Gasteiger partial charge is 0.376 e. The van der Waals surface area contributed by atoms with E-state index in [2.05, 4.69) is 10.6 Å². The lowest BCUT2D eigenvalue weighted by molar-refractivity contribution is -0.385. The minimum atomic E-state index is -0.622. The fourth-order valence-corrected chi connectivity index (χ4v) is 1.45. The van der Waals surface area contributed by atoms with E-state index in [0.717, 1.165) is 0 Å². The van der Waals surface area contributed by atoms with Crippen molar-refractivity contribution in [1.82, 2.24) is 5.32 Å². The van der Waals surface area contributed by atoms with Crippen LogP contribution in [0.2, 0.25) is 0 Å². The van der Waals surface area contributed by atoms with Gasteiger partial charge in [0.05, 0.1) is 11.5 Å². The average Bonchev–Trinajstić information content (AvgIpc) is 2.42. The van der Waals surface area contributed by atoms with Gasteiger partial charge in [-0.1, -0.05) is 13.8 Å². The van der Waals surface area contributed by atoms with Crippen LogP contribution in [0.5, 0.6) is 0 Å². The Morgan fingerprint density at radius 1 is 1.50 bits per heavy atom. The monoisotopic (exact) mass is 276 g/mol. The second-order valence-corrected chi connectivity index (χ2v) is 4.65. The molecule has 0 heterocycles. The molecule has 0 saturated carbocycles. The van der Waals surface area contributed by atoms with Gasteiger partial charge in [0.15, 0.2) is 0 Å². The van der Waals surface area contributed by atoms with Gasteiger partial charge in [0.25, 0.3) is 5.69 Å². The molecule has 0 bridgehead atoms. The number of nitriles is 1. The third kappa shape index (κ3) is 4.57. The van der Waals surface area contributed by atoms with Crippen molar-refractivity contribution in [2.45, 2.75) is 13.8 Å². The van der Waals surface area contributed by atoms with Crippen LogP contribution in [0.25, 0.3) is 0 Å². The molecule has 0 fully saturated rings. The number of rotatable bonds is 6. The zero-order valence-electron chi connectivity index (χ0n) is 11.3. The van der Waals surface area contributed by atoms with Crippen LogP contribution in [0.1, 0.15) is 19.4 Å². The normalized spacial score (nSPS) is 9.90. The molecule has 0 radical (unpaired) electrons. The molecule has 0 aromatic heterocycles. The number of benzene rings is 1. The predicted molar refractivity (Wildman–Crippen MR) is 74.1 cm³/mol. The van der Waals surface area contributed by atoms with E-state index in [4.69, 9.17) is 5.26 Å². The SMILES string of the molecule is CC(C)CNC(=O)CNc1ccc(C#N)c([N+](=O)[O-])c1. The lowest BCUT2D eigenvalue weighted by Crippen LogP contribution is -2.32. The zero-order chi connectivity index (χ0) is 15.1. The van der Waals surface area contributed by atoms with Gasteiger partial charge in [-0.2, -0.15) is 5.26 Å². The Labute approximate surface area is 116 Å². The number of nitro groups is 1. The molecule has 1 rings (SSSR count). The molecule has 106 valence electrons. The van der Waals surface area contributed by atoms with E-state index in [0.29, 0.717) is 18.2 Å². The van der Waals surface area contributed by atoms with Crippen LogP contribution in [0.15, 0.2) is 18.2 Å². The summed E-state index contributed by atoms with van der Waals surface area (Å²) < 4.78 is 0. The van der Waals surface area contributed by atoms with Gasteiger partial charge in [-0.05, 0) is 18.1 Å². The molecule has 20 heavy (non-hydrogen) atoms. The minimum Gasteiger partial charge on any atom is -0.376 e. The number of hydrogen-bond acceptors (Lipinski definition) is 5. The molecule has 0 aliphatic rings. The number of amides is 1. The fourth-order valence-electron chi connectivity index (χ4n) is 1.45. The maximum Gasteiger partial charge on any atom is 0.289 e. The second kappa shape index (κ2) is 7.09. The summed E-state index contributed by atoms with van der Waals surface area (Å²) in [7, 11) is 0. The first-order valence-electron chi connectivity index (χ1n) is 6.13. The molecule has 0 aliphatic heterocycles. The molecule has 1 aromatic rings. The summed E-state index contributed by atoms with van der Waals surface area (Å²) in [5, 5.41) is 25.1. The van der Waals surface area contributed by atoms with Gasteiger partial charge < -0.3 is 10.6 Å². The Kier molecular flexibility index (Phi) is 5.47.